The van der Waals surface area contributed by atoms with Gasteiger partial charge in [-0.25, -0.2) is 4.79 Å². The Morgan fingerprint density at radius 1 is 0.968 bits per heavy atom. The summed E-state index contributed by atoms with van der Waals surface area (Å²) < 4.78 is 5.36. The van der Waals surface area contributed by atoms with Crippen molar-refractivity contribution in [2.24, 2.45) is 0 Å². The number of hydrogen-bond acceptors (Lipinski definition) is 4. The highest BCUT2D eigenvalue weighted by atomic mass is 35.5. The van der Waals surface area contributed by atoms with Gasteiger partial charge in [-0.15, -0.1) is 0 Å². The van der Waals surface area contributed by atoms with Crippen molar-refractivity contribution in [2.75, 3.05) is 19.6 Å². The third kappa shape index (κ3) is 6.29. The second-order valence-corrected chi connectivity index (χ2v) is 8.18. The van der Waals surface area contributed by atoms with Gasteiger partial charge in [-0.2, -0.15) is 0 Å². The Hall–Kier alpha value is -2.89. The van der Waals surface area contributed by atoms with Crippen LogP contribution in [0.2, 0.25) is 5.02 Å². The number of carbonyl (C=O) groups excluding carboxylic acids is 1. The first-order valence-electron chi connectivity index (χ1n) is 10.6. The quantitative estimate of drug-likeness (QED) is 0.545. The molecule has 0 radical (unpaired) electrons. The lowest BCUT2D eigenvalue weighted by atomic mass is 10.1. The van der Waals surface area contributed by atoms with Gasteiger partial charge in [0.1, 0.15) is 5.75 Å². The van der Waals surface area contributed by atoms with Crippen molar-refractivity contribution in [1.82, 2.24) is 15.2 Å². The number of aromatic nitrogens is 1. The van der Waals surface area contributed by atoms with Crippen LogP contribution in [0, 0.1) is 0 Å². The van der Waals surface area contributed by atoms with Gasteiger partial charge in [0, 0.05) is 24.3 Å². The molecule has 2 heterocycles. The summed E-state index contributed by atoms with van der Waals surface area (Å²) in [7, 11) is 0. The van der Waals surface area contributed by atoms with Crippen LogP contribution in [-0.4, -0.2) is 35.6 Å². The van der Waals surface area contributed by atoms with E-state index in [9.17, 15) is 4.79 Å². The minimum atomic E-state index is -0.460. The molecule has 1 amide bonds. The highest BCUT2D eigenvalue weighted by Gasteiger charge is 2.12. The first-order chi connectivity index (χ1) is 15.2. The summed E-state index contributed by atoms with van der Waals surface area (Å²) >= 11 is 5.93. The molecule has 5 nitrogen and oxygen atoms in total. The number of hydrogen-bond donors (Lipinski definition) is 1. The SMILES string of the molecule is O=C(NCCc1ccc(CN2CCCC2)nc1)Oc1ccc(-c2ccc(Cl)cc2)cc1. The summed E-state index contributed by atoms with van der Waals surface area (Å²) in [6.45, 7) is 3.75. The number of halogens is 1. The largest absolute Gasteiger partial charge is 0.412 e. The van der Waals surface area contributed by atoms with Gasteiger partial charge < -0.3 is 10.1 Å². The van der Waals surface area contributed by atoms with Gasteiger partial charge >= 0.3 is 6.09 Å². The highest BCUT2D eigenvalue weighted by Crippen LogP contribution is 2.24. The Morgan fingerprint density at radius 2 is 1.65 bits per heavy atom. The lowest BCUT2D eigenvalue weighted by Crippen LogP contribution is -2.28. The second-order valence-electron chi connectivity index (χ2n) is 7.74. The van der Waals surface area contributed by atoms with E-state index >= 15 is 0 Å². The van der Waals surface area contributed by atoms with Crippen molar-refractivity contribution in [2.45, 2.75) is 25.8 Å². The molecule has 0 spiro atoms. The fourth-order valence-electron chi connectivity index (χ4n) is 3.68. The average Bonchev–Trinajstić information content (AvgIpc) is 3.29. The Labute approximate surface area is 188 Å². The summed E-state index contributed by atoms with van der Waals surface area (Å²) in [5.41, 5.74) is 4.28. The summed E-state index contributed by atoms with van der Waals surface area (Å²) in [6.07, 6.45) is 4.71. The summed E-state index contributed by atoms with van der Waals surface area (Å²) in [5, 5.41) is 3.50. The van der Waals surface area contributed by atoms with Crippen molar-refractivity contribution < 1.29 is 9.53 Å². The lowest BCUT2D eigenvalue weighted by Gasteiger charge is -2.13. The third-order valence-corrected chi connectivity index (χ3v) is 5.65. The maximum atomic E-state index is 12.1. The van der Waals surface area contributed by atoms with E-state index in [2.05, 4.69) is 27.3 Å². The zero-order valence-electron chi connectivity index (χ0n) is 17.4. The predicted molar refractivity (Wildman–Crippen MR) is 123 cm³/mol. The fourth-order valence-corrected chi connectivity index (χ4v) is 3.80. The molecule has 160 valence electrons. The van der Waals surface area contributed by atoms with Gasteiger partial charge in [0.25, 0.3) is 0 Å². The van der Waals surface area contributed by atoms with Crippen molar-refractivity contribution >= 4 is 17.7 Å². The van der Waals surface area contributed by atoms with Crippen molar-refractivity contribution in [1.29, 1.82) is 0 Å². The van der Waals surface area contributed by atoms with E-state index in [1.807, 2.05) is 42.6 Å². The molecule has 1 aromatic heterocycles. The number of ether oxygens (including phenoxy) is 1. The molecule has 0 aliphatic carbocycles. The number of rotatable bonds is 7. The van der Waals surface area contributed by atoms with E-state index in [4.69, 9.17) is 16.3 Å². The van der Waals surface area contributed by atoms with E-state index < -0.39 is 6.09 Å². The standard InChI is InChI=1S/C25H26ClN3O2/c26-22-8-4-20(5-9-22)21-6-11-24(12-7-21)31-25(30)27-14-13-19-3-10-23(28-17-19)18-29-15-1-2-16-29/h3-12,17H,1-2,13-16,18H2,(H,27,30). The first-order valence-corrected chi connectivity index (χ1v) is 11.0. The number of nitrogens with zero attached hydrogens (tertiary/aromatic N) is 2. The first kappa shape index (κ1) is 21.3. The average molecular weight is 436 g/mol. The van der Waals surface area contributed by atoms with E-state index in [0.717, 1.165) is 28.9 Å². The normalized spacial score (nSPS) is 13.8. The number of benzene rings is 2. The molecule has 6 heteroatoms. The Kier molecular flexibility index (Phi) is 7.18. The second kappa shape index (κ2) is 10.4. The smallest absolute Gasteiger partial charge is 0.410 e. The van der Waals surface area contributed by atoms with Crippen molar-refractivity contribution in [3.63, 3.8) is 0 Å². The molecular formula is C25H26ClN3O2. The molecule has 3 aromatic rings. The molecule has 0 atom stereocenters. The number of carbonyl (C=O) groups is 1. The maximum Gasteiger partial charge on any atom is 0.412 e. The monoisotopic (exact) mass is 435 g/mol. The van der Waals surface area contributed by atoms with E-state index in [1.165, 1.54) is 25.9 Å². The minimum Gasteiger partial charge on any atom is -0.410 e. The molecule has 0 bridgehead atoms. The zero-order chi connectivity index (χ0) is 21.5. The number of pyridine rings is 1. The van der Waals surface area contributed by atoms with Gasteiger partial charge in [0.15, 0.2) is 0 Å². The van der Waals surface area contributed by atoms with Gasteiger partial charge in [0.2, 0.25) is 0 Å². The Bertz CT molecular complexity index is 983. The predicted octanol–water partition coefficient (Wildman–Crippen LogP) is 5.33. The topological polar surface area (TPSA) is 54.5 Å². The van der Waals surface area contributed by atoms with Gasteiger partial charge in [-0.05, 0) is 79.4 Å². The Balaban J connectivity index is 1.20. The van der Waals surface area contributed by atoms with E-state index in [1.54, 1.807) is 12.1 Å². The van der Waals surface area contributed by atoms with Crippen molar-refractivity contribution in [3.8, 4) is 16.9 Å². The molecule has 0 saturated carbocycles. The fraction of sp³-hybridized carbons (Fsp3) is 0.280. The molecule has 1 N–H and O–H groups in total. The lowest BCUT2D eigenvalue weighted by molar-refractivity contribution is 0.200. The van der Waals surface area contributed by atoms with E-state index in [0.29, 0.717) is 23.7 Å². The zero-order valence-corrected chi connectivity index (χ0v) is 18.1. The summed E-state index contributed by atoms with van der Waals surface area (Å²) in [5.74, 6) is 0.503. The van der Waals surface area contributed by atoms with Crippen LogP contribution in [0.5, 0.6) is 5.75 Å². The van der Waals surface area contributed by atoms with Crippen LogP contribution in [0.25, 0.3) is 11.1 Å². The molecule has 1 fully saturated rings. The van der Waals surface area contributed by atoms with E-state index in [-0.39, 0.29) is 0 Å². The van der Waals surface area contributed by atoms with Crippen LogP contribution < -0.4 is 10.1 Å². The molecular weight excluding hydrogens is 410 g/mol. The molecule has 1 aliphatic heterocycles. The van der Waals surface area contributed by atoms with Crippen LogP contribution in [0.1, 0.15) is 24.1 Å². The van der Waals surface area contributed by atoms with Crippen LogP contribution in [-0.2, 0) is 13.0 Å². The molecule has 4 rings (SSSR count). The third-order valence-electron chi connectivity index (χ3n) is 5.40. The van der Waals surface area contributed by atoms with Crippen molar-refractivity contribution in [3.05, 3.63) is 83.1 Å². The van der Waals surface area contributed by atoms with Crippen LogP contribution in [0.3, 0.4) is 0 Å². The molecule has 2 aromatic carbocycles. The van der Waals surface area contributed by atoms with Crippen LogP contribution in [0.15, 0.2) is 66.9 Å². The Morgan fingerprint density at radius 3 is 2.29 bits per heavy atom. The minimum absolute atomic E-state index is 0.460. The van der Waals surface area contributed by atoms with Crippen LogP contribution in [0.4, 0.5) is 4.79 Å². The molecule has 31 heavy (non-hydrogen) atoms. The van der Waals surface area contributed by atoms with Crippen LogP contribution >= 0.6 is 11.6 Å². The maximum absolute atomic E-state index is 12.1. The highest BCUT2D eigenvalue weighted by molar-refractivity contribution is 6.30. The number of amides is 1. The van der Waals surface area contributed by atoms with Gasteiger partial charge in [0.05, 0.1) is 5.69 Å². The summed E-state index contributed by atoms with van der Waals surface area (Å²) in [6, 6.07) is 19.2. The van der Waals surface area contributed by atoms with Gasteiger partial charge in [-0.3, -0.25) is 9.88 Å². The number of likely N-dealkylation sites (tertiary alicyclic amines) is 1. The number of nitrogens with one attached hydrogen (secondary N) is 1. The molecule has 1 saturated heterocycles. The summed E-state index contributed by atoms with van der Waals surface area (Å²) in [4.78, 5) is 19.1. The van der Waals surface area contributed by atoms with Gasteiger partial charge in [-0.1, -0.05) is 41.9 Å². The molecule has 1 aliphatic rings. The molecule has 0 unspecified atom stereocenters.